The smallest absolute Gasteiger partial charge is 0.341 e. The van der Waals surface area contributed by atoms with Crippen LogP contribution in [0.15, 0.2) is 11.1 Å². The van der Waals surface area contributed by atoms with Crippen molar-refractivity contribution >= 4 is 17.9 Å². The molecule has 0 aromatic heterocycles. The molecule has 7 atom stereocenters. The Morgan fingerprint density at radius 2 is 1.87 bits per heavy atom. The monoisotopic (exact) mass is 422 g/mol. The SMILES string of the molecule is CC(=O)O[C@]1(C)[C@@H](OC(=O)[C@@]2(C)O[C@H]2C)CC[C@]2(C)C[C@]3(O)OC(=O)C(C)=C3C[C@H]21. The topological polar surface area (TPSA) is 112 Å². The lowest BCUT2D eigenvalue weighted by Crippen LogP contribution is -2.63. The zero-order valence-electron chi connectivity index (χ0n) is 18.4. The number of aliphatic hydroxyl groups is 1. The summed E-state index contributed by atoms with van der Waals surface area (Å²) in [6, 6.07) is 0. The van der Waals surface area contributed by atoms with Gasteiger partial charge in [-0.2, -0.15) is 0 Å². The van der Waals surface area contributed by atoms with Gasteiger partial charge >= 0.3 is 17.9 Å². The van der Waals surface area contributed by atoms with Gasteiger partial charge in [0.2, 0.25) is 5.79 Å². The number of hydrogen-bond donors (Lipinski definition) is 1. The molecule has 2 saturated carbocycles. The minimum absolute atomic E-state index is 0.207. The van der Waals surface area contributed by atoms with Crippen molar-refractivity contribution in [3.63, 3.8) is 0 Å². The molecule has 8 heteroatoms. The highest BCUT2D eigenvalue weighted by Crippen LogP contribution is 2.61. The van der Waals surface area contributed by atoms with Gasteiger partial charge in [0.25, 0.3) is 0 Å². The maximum atomic E-state index is 12.7. The van der Waals surface area contributed by atoms with Crippen LogP contribution in [-0.4, -0.2) is 52.2 Å². The van der Waals surface area contributed by atoms with Gasteiger partial charge in [0, 0.05) is 30.4 Å². The van der Waals surface area contributed by atoms with Crippen molar-refractivity contribution in [2.24, 2.45) is 11.3 Å². The fourth-order valence-electron chi connectivity index (χ4n) is 5.83. The minimum atomic E-state index is -1.63. The molecule has 4 rings (SSSR count). The van der Waals surface area contributed by atoms with Gasteiger partial charge in [0.05, 0.1) is 6.10 Å². The number of hydrogen-bond acceptors (Lipinski definition) is 8. The Kier molecular flexibility index (Phi) is 4.47. The van der Waals surface area contributed by atoms with Gasteiger partial charge in [-0.1, -0.05) is 6.92 Å². The number of esters is 3. The molecular formula is C22H30O8. The molecule has 2 aliphatic heterocycles. The van der Waals surface area contributed by atoms with E-state index in [4.69, 9.17) is 18.9 Å². The summed E-state index contributed by atoms with van der Waals surface area (Å²) < 4.78 is 22.4. The third kappa shape index (κ3) is 2.91. The fourth-order valence-corrected chi connectivity index (χ4v) is 5.83. The first-order valence-corrected chi connectivity index (χ1v) is 10.5. The molecular weight excluding hydrogens is 392 g/mol. The number of epoxide rings is 1. The van der Waals surface area contributed by atoms with E-state index in [1.165, 1.54) is 6.92 Å². The van der Waals surface area contributed by atoms with Crippen molar-refractivity contribution in [1.82, 2.24) is 0 Å². The van der Waals surface area contributed by atoms with E-state index in [0.717, 1.165) is 0 Å². The summed E-state index contributed by atoms with van der Waals surface area (Å²) >= 11 is 0. The van der Waals surface area contributed by atoms with Gasteiger partial charge in [-0.15, -0.1) is 0 Å². The third-order valence-electron chi connectivity index (χ3n) is 7.85. The largest absolute Gasteiger partial charge is 0.456 e. The van der Waals surface area contributed by atoms with Gasteiger partial charge in [-0.3, -0.25) is 4.79 Å². The van der Waals surface area contributed by atoms with Crippen LogP contribution >= 0.6 is 0 Å². The molecule has 1 saturated heterocycles. The Hall–Kier alpha value is -1.93. The molecule has 2 heterocycles. The summed E-state index contributed by atoms with van der Waals surface area (Å²) in [5.41, 5.74) is -1.68. The molecule has 0 bridgehead atoms. The Balaban J connectivity index is 1.70. The number of ether oxygens (including phenoxy) is 4. The van der Waals surface area contributed by atoms with Gasteiger partial charge in [-0.05, 0) is 52.4 Å². The second kappa shape index (κ2) is 6.29. The number of fused-ring (bicyclic) bond motifs is 2. The predicted molar refractivity (Wildman–Crippen MR) is 103 cm³/mol. The van der Waals surface area contributed by atoms with Crippen LogP contribution in [0.25, 0.3) is 0 Å². The van der Waals surface area contributed by atoms with Crippen LogP contribution in [0, 0.1) is 11.3 Å². The molecule has 0 aromatic carbocycles. The van der Waals surface area contributed by atoms with Gasteiger partial charge in [0.1, 0.15) is 11.7 Å². The van der Waals surface area contributed by atoms with Crippen LogP contribution < -0.4 is 0 Å². The highest BCUT2D eigenvalue weighted by Gasteiger charge is 2.66. The molecule has 0 aromatic rings. The Bertz CT molecular complexity index is 863. The molecule has 0 radical (unpaired) electrons. The van der Waals surface area contributed by atoms with E-state index < -0.39 is 46.4 Å². The van der Waals surface area contributed by atoms with E-state index in [1.807, 2.05) is 6.92 Å². The number of carbonyl (C=O) groups excluding carboxylic acids is 3. The van der Waals surface area contributed by atoms with Crippen molar-refractivity contribution < 1.29 is 38.4 Å². The van der Waals surface area contributed by atoms with E-state index in [1.54, 1.807) is 27.7 Å². The first kappa shape index (κ1) is 21.3. The lowest BCUT2D eigenvalue weighted by Gasteiger charge is -2.58. The summed E-state index contributed by atoms with van der Waals surface area (Å²) in [7, 11) is 0. The van der Waals surface area contributed by atoms with Crippen LogP contribution in [0.1, 0.15) is 67.2 Å². The first-order valence-electron chi connectivity index (χ1n) is 10.5. The molecule has 30 heavy (non-hydrogen) atoms. The summed E-state index contributed by atoms with van der Waals surface area (Å²) in [6.07, 6.45) is 0.703. The fraction of sp³-hybridized carbons (Fsp3) is 0.773. The van der Waals surface area contributed by atoms with E-state index >= 15 is 0 Å². The summed E-state index contributed by atoms with van der Waals surface area (Å²) in [5, 5.41) is 11.1. The standard InChI is InChI=1S/C22H30O8/c1-11-14-9-15-19(4,10-22(14,26)30-17(11)24)8-7-16(21(15,6)29-13(3)23)27-18(25)20(5)12(2)28-20/h12,15-16,26H,7-10H2,1-6H3/t12-,15+,16-,19+,20-,21-,22-/m0/s1. The van der Waals surface area contributed by atoms with Crippen molar-refractivity contribution in [2.75, 3.05) is 0 Å². The molecule has 0 amide bonds. The van der Waals surface area contributed by atoms with Crippen molar-refractivity contribution in [3.05, 3.63) is 11.1 Å². The molecule has 0 unspecified atom stereocenters. The average Bonchev–Trinajstić information content (AvgIpc) is 3.16. The Labute approximate surface area is 175 Å². The predicted octanol–water partition coefficient (Wildman–Crippen LogP) is 2.17. The lowest BCUT2D eigenvalue weighted by molar-refractivity contribution is -0.248. The van der Waals surface area contributed by atoms with Crippen molar-refractivity contribution in [1.29, 1.82) is 0 Å². The van der Waals surface area contributed by atoms with Crippen LogP contribution in [0.4, 0.5) is 0 Å². The summed E-state index contributed by atoms with van der Waals surface area (Å²) in [6.45, 7) is 10.2. The average molecular weight is 422 g/mol. The van der Waals surface area contributed by atoms with E-state index in [2.05, 4.69) is 0 Å². The molecule has 4 aliphatic rings. The van der Waals surface area contributed by atoms with Crippen molar-refractivity contribution in [3.8, 4) is 0 Å². The highest BCUT2D eigenvalue weighted by atomic mass is 16.7. The molecule has 166 valence electrons. The Morgan fingerprint density at radius 3 is 2.43 bits per heavy atom. The molecule has 3 fully saturated rings. The van der Waals surface area contributed by atoms with E-state index in [-0.39, 0.29) is 18.4 Å². The van der Waals surface area contributed by atoms with E-state index in [9.17, 15) is 19.5 Å². The molecule has 1 N–H and O–H groups in total. The summed E-state index contributed by atoms with van der Waals surface area (Å²) in [5.74, 6) is -3.37. The molecule has 0 spiro atoms. The molecule has 8 nitrogen and oxygen atoms in total. The second-order valence-corrected chi connectivity index (χ2v) is 9.94. The van der Waals surface area contributed by atoms with Crippen LogP contribution in [0.5, 0.6) is 0 Å². The zero-order chi connectivity index (χ0) is 22.3. The maximum Gasteiger partial charge on any atom is 0.341 e. The number of carbonyl (C=O) groups is 3. The normalized spacial score (nSPS) is 47.2. The number of rotatable bonds is 3. The Morgan fingerprint density at radius 1 is 1.23 bits per heavy atom. The van der Waals surface area contributed by atoms with Gasteiger partial charge in [0.15, 0.2) is 5.60 Å². The first-order chi connectivity index (χ1) is 13.8. The van der Waals surface area contributed by atoms with Crippen LogP contribution in [0.2, 0.25) is 0 Å². The van der Waals surface area contributed by atoms with Crippen LogP contribution in [-0.2, 0) is 33.3 Å². The van der Waals surface area contributed by atoms with E-state index in [0.29, 0.717) is 30.4 Å². The van der Waals surface area contributed by atoms with Gasteiger partial charge < -0.3 is 24.1 Å². The maximum absolute atomic E-state index is 12.7. The molecule has 2 aliphatic carbocycles. The third-order valence-corrected chi connectivity index (χ3v) is 7.85. The highest BCUT2D eigenvalue weighted by molar-refractivity contribution is 5.92. The lowest BCUT2D eigenvalue weighted by atomic mass is 9.52. The second-order valence-electron chi connectivity index (χ2n) is 9.94. The van der Waals surface area contributed by atoms with Crippen molar-refractivity contribution in [2.45, 2.75) is 96.4 Å². The van der Waals surface area contributed by atoms with Crippen LogP contribution in [0.3, 0.4) is 0 Å². The summed E-state index contributed by atoms with van der Waals surface area (Å²) in [4.78, 5) is 37.0. The minimum Gasteiger partial charge on any atom is -0.456 e. The quantitative estimate of drug-likeness (QED) is 0.418. The van der Waals surface area contributed by atoms with Gasteiger partial charge in [-0.25, -0.2) is 9.59 Å². The zero-order valence-corrected chi connectivity index (χ0v) is 18.4.